The van der Waals surface area contributed by atoms with Crippen molar-refractivity contribution in [2.24, 2.45) is 0 Å². The maximum absolute atomic E-state index is 11.8. The first-order valence-corrected chi connectivity index (χ1v) is 10.6. The Kier molecular flexibility index (Phi) is 5.78. The summed E-state index contributed by atoms with van der Waals surface area (Å²) in [6.45, 7) is 4.14. The highest BCUT2D eigenvalue weighted by molar-refractivity contribution is 7.85. The largest absolute Gasteiger partial charge is 0.295 e. The Balaban J connectivity index is 2.34. The van der Waals surface area contributed by atoms with Gasteiger partial charge in [0.2, 0.25) is 0 Å². The predicted octanol–water partition coefficient (Wildman–Crippen LogP) is 5.70. The zero-order valence-electron chi connectivity index (χ0n) is 15.6. The molecule has 0 heterocycles. The smallest absolute Gasteiger partial charge is 0.282 e. The molecule has 0 atom stereocenters. The molecule has 0 aromatic heterocycles. The lowest BCUT2D eigenvalue weighted by Crippen LogP contribution is -2.01. The summed E-state index contributed by atoms with van der Waals surface area (Å²) in [5, 5.41) is 0. The summed E-state index contributed by atoms with van der Waals surface area (Å²) in [5.41, 5.74) is 6.33. The number of fused-ring (bicyclic) bond motifs is 1. The third kappa shape index (κ3) is 4.12. The molecule has 3 nitrogen and oxygen atoms in total. The molecule has 0 unspecified atom stereocenters. The summed E-state index contributed by atoms with van der Waals surface area (Å²) in [4.78, 5) is -0.0721. The van der Waals surface area contributed by atoms with Crippen LogP contribution in [0.15, 0.2) is 76.7 Å². The van der Waals surface area contributed by atoms with Gasteiger partial charge in [-0.25, -0.2) is 0 Å². The molecule has 1 N–H and O–H groups in total. The second-order valence-corrected chi connectivity index (χ2v) is 7.99. The minimum atomic E-state index is -4.30. The molecule has 1 aliphatic rings. The van der Waals surface area contributed by atoms with Crippen LogP contribution in [-0.4, -0.2) is 13.0 Å². The van der Waals surface area contributed by atoms with E-state index in [0.717, 1.165) is 36.0 Å². The van der Waals surface area contributed by atoms with Gasteiger partial charge in [0, 0.05) is 0 Å². The summed E-state index contributed by atoms with van der Waals surface area (Å²) in [6.07, 6.45) is 8.87. The molecule has 0 bridgehead atoms. The normalized spacial score (nSPS) is 16.6. The van der Waals surface area contributed by atoms with Crippen molar-refractivity contribution in [3.63, 3.8) is 0 Å². The van der Waals surface area contributed by atoms with Crippen LogP contribution in [0.1, 0.15) is 43.4 Å². The van der Waals surface area contributed by atoms with Crippen LogP contribution in [0.3, 0.4) is 0 Å². The third-order valence-electron chi connectivity index (χ3n) is 4.93. The van der Waals surface area contributed by atoms with Gasteiger partial charge < -0.3 is 0 Å². The quantitative estimate of drug-likeness (QED) is 0.692. The average molecular weight is 381 g/mol. The summed E-state index contributed by atoms with van der Waals surface area (Å²) in [7, 11) is -4.30. The lowest BCUT2D eigenvalue weighted by atomic mass is 9.91. The summed E-state index contributed by atoms with van der Waals surface area (Å²) >= 11 is 0. The second-order valence-electron chi connectivity index (χ2n) is 6.60. The number of aryl methyl sites for hydroxylation is 1. The number of rotatable bonds is 4. The van der Waals surface area contributed by atoms with E-state index in [0.29, 0.717) is 5.56 Å². The molecule has 27 heavy (non-hydrogen) atoms. The van der Waals surface area contributed by atoms with Crippen molar-refractivity contribution in [1.29, 1.82) is 0 Å². The first kappa shape index (κ1) is 19.3. The zero-order chi connectivity index (χ0) is 19.4. The van der Waals surface area contributed by atoms with Crippen LogP contribution in [0.4, 0.5) is 0 Å². The highest BCUT2D eigenvalue weighted by Gasteiger charge is 2.20. The molecule has 0 fully saturated rings. The number of benzene rings is 2. The molecular weight excluding hydrogens is 356 g/mol. The van der Waals surface area contributed by atoms with Gasteiger partial charge >= 0.3 is 0 Å². The Morgan fingerprint density at radius 1 is 1.04 bits per heavy atom. The van der Waals surface area contributed by atoms with Crippen molar-refractivity contribution in [1.82, 2.24) is 0 Å². The standard InChI is InChI=1S/C23H24O3S/c1-3-9-20-17(4-2)14-15-18-10-5-7-12-21(18)22(20)16-19-11-6-8-13-23(19)27(24,25)26/h3,5-13,16H,4,14-15H2,1-2H3,(H,24,25,26)/b9-3-,22-16-. The number of allylic oxidation sites excluding steroid dienone is 5. The van der Waals surface area contributed by atoms with E-state index in [1.54, 1.807) is 18.2 Å². The number of hydrogen-bond acceptors (Lipinski definition) is 2. The fourth-order valence-corrected chi connectivity index (χ4v) is 4.32. The Hall–Kier alpha value is -2.43. The van der Waals surface area contributed by atoms with E-state index in [4.69, 9.17) is 0 Å². The topological polar surface area (TPSA) is 54.4 Å². The molecule has 0 saturated carbocycles. The average Bonchev–Trinajstić information content (AvgIpc) is 2.79. The van der Waals surface area contributed by atoms with E-state index in [9.17, 15) is 13.0 Å². The summed E-state index contributed by atoms with van der Waals surface area (Å²) in [6, 6.07) is 14.8. The second kappa shape index (κ2) is 8.07. The molecular formula is C23H24O3S. The van der Waals surface area contributed by atoms with E-state index in [2.05, 4.69) is 25.1 Å². The maximum atomic E-state index is 11.8. The minimum absolute atomic E-state index is 0.0721. The van der Waals surface area contributed by atoms with Crippen LogP contribution >= 0.6 is 0 Å². The fraction of sp³-hybridized carbons (Fsp3) is 0.217. The highest BCUT2D eigenvalue weighted by atomic mass is 32.2. The Labute approximate surface area is 161 Å². The third-order valence-corrected chi connectivity index (χ3v) is 5.86. The van der Waals surface area contributed by atoms with Crippen LogP contribution in [-0.2, 0) is 16.5 Å². The van der Waals surface area contributed by atoms with Gasteiger partial charge in [0.15, 0.2) is 0 Å². The predicted molar refractivity (Wildman–Crippen MR) is 111 cm³/mol. The molecule has 2 aromatic carbocycles. The van der Waals surface area contributed by atoms with Crippen LogP contribution in [0, 0.1) is 0 Å². The maximum Gasteiger partial charge on any atom is 0.295 e. The highest BCUT2D eigenvalue weighted by Crippen LogP contribution is 2.38. The van der Waals surface area contributed by atoms with Gasteiger partial charge in [-0.3, -0.25) is 4.55 Å². The van der Waals surface area contributed by atoms with Gasteiger partial charge in [-0.05, 0) is 66.2 Å². The van der Waals surface area contributed by atoms with Crippen LogP contribution in [0.2, 0.25) is 0 Å². The van der Waals surface area contributed by atoms with E-state index in [1.165, 1.54) is 17.2 Å². The monoisotopic (exact) mass is 380 g/mol. The van der Waals surface area contributed by atoms with E-state index < -0.39 is 10.1 Å². The molecule has 1 aliphatic carbocycles. The van der Waals surface area contributed by atoms with Gasteiger partial charge in [0.25, 0.3) is 10.1 Å². The van der Waals surface area contributed by atoms with Crippen molar-refractivity contribution in [2.45, 2.75) is 38.0 Å². The van der Waals surface area contributed by atoms with Gasteiger partial charge in [-0.1, -0.05) is 67.1 Å². The molecule has 4 heteroatoms. The van der Waals surface area contributed by atoms with Gasteiger partial charge in [0.1, 0.15) is 4.90 Å². The Morgan fingerprint density at radius 2 is 1.74 bits per heavy atom. The van der Waals surface area contributed by atoms with Crippen molar-refractivity contribution < 1.29 is 13.0 Å². The number of hydrogen-bond donors (Lipinski definition) is 1. The molecule has 0 aliphatic heterocycles. The Bertz CT molecular complexity index is 1040. The minimum Gasteiger partial charge on any atom is -0.282 e. The van der Waals surface area contributed by atoms with E-state index in [-0.39, 0.29) is 4.90 Å². The molecule has 2 aromatic rings. The van der Waals surface area contributed by atoms with Crippen LogP contribution in [0.25, 0.3) is 11.6 Å². The van der Waals surface area contributed by atoms with Gasteiger partial charge in [-0.2, -0.15) is 8.42 Å². The SMILES string of the molecule is C/C=C\C1=C(CC)CCc2ccccc2/C1=C\c1ccccc1S(=O)(=O)O. The molecule has 0 saturated heterocycles. The van der Waals surface area contributed by atoms with Crippen LogP contribution in [0.5, 0.6) is 0 Å². The molecule has 0 spiro atoms. The van der Waals surface area contributed by atoms with Crippen molar-refractivity contribution in [3.8, 4) is 0 Å². The van der Waals surface area contributed by atoms with Gasteiger partial charge in [-0.15, -0.1) is 0 Å². The van der Waals surface area contributed by atoms with Crippen molar-refractivity contribution in [2.75, 3.05) is 0 Å². The van der Waals surface area contributed by atoms with Gasteiger partial charge in [0.05, 0.1) is 0 Å². The summed E-state index contributed by atoms with van der Waals surface area (Å²) < 4.78 is 33.3. The zero-order valence-corrected chi connectivity index (χ0v) is 16.5. The molecule has 0 radical (unpaired) electrons. The molecule has 0 amide bonds. The van der Waals surface area contributed by atoms with Crippen LogP contribution < -0.4 is 0 Å². The fourth-order valence-electron chi connectivity index (χ4n) is 3.64. The summed E-state index contributed by atoms with van der Waals surface area (Å²) in [5.74, 6) is 0. The lowest BCUT2D eigenvalue weighted by molar-refractivity contribution is 0.483. The van der Waals surface area contributed by atoms with Crippen molar-refractivity contribution in [3.05, 3.63) is 88.5 Å². The lowest BCUT2D eigenvalue weighted by Gasteiger charge is -2.14. The first-order chi connectivity index (χ1) is 13.0. The van der Waals surface area contributed by atoms with Crippen molar-refractivity contribution >= 4 is 21.8 Å². The van der Waals surface area contributed by atoms with E-state index >= 15 is 0 Å². The first-order valence-electron chi connectivity index (χ1n) is 9.17. The molecule has 3 rings (SSSR count). The Morgan fingerprint density at radius 3 is 2.44 bits per heavy atom. The molecule has 140 valence electrons. The van der Waals surface area contributed by atoms with E-state index in [1.807, 2.05) is 31.2 Å².